The molecule has 0 spiro atoms. The fourth-order valence-corrected chi connectivity index (χ4v) is 1.60. The summed E-state index contributed by atoms with van der Waals surface area (Å²) in [5, 5.41) is 15.9. The van der Waals surface area contributed by atoms with Gasteiger partial charge in [-0.25, -0.2) is 4.39 Å². The van der Waals surface area contributed by atoms with E-state index < -0.39 is 10.7 Å². The van der Waals surface area contributed by atoms with E-state index in [4.69, 9.17) is 0 Å². The van der Waals surface area contributed by atoms with Crippen molar-refractivity contribution in [3.05, 3.63) is 32.5 Å². The van der Waals surface area contributed by atoms with Crippen molar-refractivity contribution in [1.82, 2.24) is 5.32 Å². The van der Waals surface area contributed by atoms with Gasteiger partial charge in [0, 0.05) is 32.1 Å². The molecule has 0 unspecified atom stereocenters. The lowest BCUT2D eigenvalue weighted by Gasteiger charge is -2.07. The number of nitrogens with one attached hydrogen (secondary N) is 2. The van der Waals surface area contributed by atoms with Crippen LogP contribution in [0.25, 0.3) is 0 Å². The third-order valence-electron chi connectivity index (χ3n) is 2.18. The van der Waals surface area contributed by atoms with Gasteiger partial charge in [-0.1, -0.05) is 0 Å². The summed E-state index contributed by atoms with van der Waals surface area (Å²) in [5.41, 5.74) is -0.204. The van der Waals surface area contributed by atoms with Gasteiger partial charge >= 0.3 is 0 Å². The van der Waals surface area contributed by atoms with E-state index in [-0.39, 0.29) is 34.7 Å². The molecular formula is C10H11BrFN3O3. The highest BCUT2D eigenvalue weighted by Crippen LogP contribution is 2.30. The summed E-state index contributed by atoms with van der Waals surface area (Å²) >= 11 is 2.88. The fourth-order valence-electron chi connectivity index (χ4n) is 1.26. The number of carbonyl (C=O) groups excluding carboxylic acids is 1. The lowest BCUT2D eigenvalue weighted by Crippen LogP contribution is -2.21. The normalized spacial score (nSPS) is 9.94. The zero-order chi connectivity index (χ0) is 13.7. The summed E-state index contributed by atoms with van der Waals surface area (Å²) in [6.45, 7) is 0.182. The molecule has 0 aliphatic heterocycles. The van der Waals surface area contributed by atoms with Crippen LogP contribution in [0.2, 0.25) is 0 Å². The molecule has 1 aromatic carbocycles. The monoisotopic (exact) mass is 319 g/mol. The number of hydrogen-bond donors (Lipinski definition) is 2. The quantitative estimate of drug-likeness (QED) is 0.642. The fraction of sp³-hybridized carbons (Fsp3) is 0.300. The summed E-state index contributed by atoms with van der Waals surface area (Å²) in [6.07, 6.45) is 0.144. The molecule has 0 saturated carbocycles. The van der Waals surface area contributed by atoms with Gasteiger partial charge < -0.3 is 10.6 Å². The summed E-state index contributed by atoms with van der Waals surface area (Å²) in [4.78, 5) is 21.1. The van der Waals surface area contributed by atoms with Crippen molar-refractivity contribution in [2.45, 2.75) is 6.42 Å². The van der Waals surface area contributed by atoms with E-state index in [0.29, 0.717) is 0 Å². The van der Waals surface area contributed by atoms with Gasteiger partial charge in [-0.3, -0.25) is 14.9 Å². The van der Waals surface area contributed by atoms with Crippen molar-refractivity contribution in [2.75, 3.05) is 18.9 Å². The molecule has 0 aromatic heterocycles. The van der Waals surface area contributed by atoms with E-state index in [9.17, 15) is 19.3 Å². The van der Waals surface area contributed by atoms with Crippen molar-refractivity contribution >= 4 is 33.2 Å². The molecule has 0 saturated heterocycles. The smallest absolute Gasteiger partial charge is 0.293 e. The van der Waals surface area contributed by atoms with E-state index in [1.807, 2.05) is 0 Å². The zero-order valence-electron chi connectivity index (χ0n) is 9.50. The van der Waals surface area contributed by atoms with Crippen LogP contribution in [0.1, 0.15) is 6.42 Å². The van der Waals surface area contributed by atoms with Crippen LogP contribution in [0.5, 0.6) is 0 Å². The summed E-state index contributed by atoms with van der Waals surface area (Å²) in [7, 11) is 1.49. The number of nitrogens with zero attached hydrogens (tertiary/aromatic N) is 1. The predicted octanol–water partition coefficient (Wildman–Crippen LogP) is 2.04. The van der Waals surface area contributed by atoms with Crippen LogP contribution in [-0.2, 0) is 4.79 Å². The Labute approximate surface area is 111 Å². The first-order chi connectivity index (χ1) is 8.45. The number of nitro groups is 1. The number of anilines is 1. The predicted molar refractivity (Wildman–Crippen MR) is 67.9 cm³/mol. The molecule has 0 heterocycles. The lowest BCUT2D eigenvalue weighted by molar-refractivity contribution is -0.384. The molecule has 0 atom stereocenters. The van der Waals surface area contributed by atoms with E-state index in [1.54, 1.807) is 0 Å². The Kier molecular flexibility index (Phi) is 5.02. The molecule has 18 heavy (non-hydrogen) atoms. The summed E-state index contributed by atoms with van der Waals surface area (Å²) in [6, 6.07) is 2.10. The third kappa shape index (κ3) is 3.66. The number of nitro benzene ring substituents is 1. The van der Waals surface area contributed by atoms with Crippen LogP contribution in [-0.4, -0.2) is 24.4 Å². The minimum Gasteiger partial charge on any atom is -0.379 e. The average Bonchev–Trinajstić information content (AvgIpc) is 2.32. The molecule has 0 aliphatic carbocycles. The Balaban J connectivity index is 2.83. The van der Waals surface area contributed by atoms with Crippen LogP contribution in [0.4, 0.5) is 15.8 Å². The third-order valence-corrected chi connectivity index (χ3v) is 2.79. The maximum absolute atomic E-state index is 13.3. The molecule has 98 valence electrons. The molecule has 0 fully saturated rings. The number of carbonyl (C=O) groups is 1. The first-order valence-corrected chi connectivity index (χ1v) is 5.83. The minimum absolute atomic E-state index is 0.0195. The van der Waals surface area contributed by atoms with Gasteiger partial charge in [-0.05, 0) is 15.9 Å². The molecule has 1 amide bonds. The van der Waals surface area contributed by atoms with Crippen molar-refractivity contribution in [1.29, 1.82) is 0 Å². The molecule has 1 rings (SSSR count). The van der Waals surface area contributed by atoms with Crippen LogP contribution in [0.15, 0.2) is 16.6 Å². The lowest BCUT2D eigenvalue weighted by atomic mass is 10.2. The second-order valence-electron chi connectivity index (χ2n) is 3.39. The second-order valence-corrected chi connectivity index (χ2v) is 4.24. The maximum atomic E-state index is 13.3. The van der Waals surface area contributed by atoms with Crippen molar-refractivity contribution in [3.63, 3.8) is 0 Å². The molecule has 8 heteroatoms. The molecule has 0 bridgehead atoms. The Morgan fingerprint density at radius 1 is 1.56 bits per heavy atom. The van der Waals surface area contributed by atoms with E-state index in [0.717, 1.165) is 12.1 Å². The maximum Gasteiger partial charge on any atom is 0.293 e. The minimum atomic E-state index is -0.619. The SMILES string of the molecule is CNC(=O)CCNc1cc(F)c(Br)cc1[N+](=O)[O-]. The molecule has 0 radical (unpaired) electrons. The first-order valence-electron chi connectivity index (χ1n) is 5.03. The Morgan fingerprint density at radius 3 is 2.78 bits per heavy atom. The van der Waals surface area contributed by atoms with Gasteiger partial charge in [-0.2, -0.15) is 0 Å². The highest BCUT2D eigenvalue weighted by atomic mass is 79.9. The topological polar surface area (TPSA) is 84.3 Å². The van der Waals surface area contributed by atoms with Gasteiger partial charge in [0.25, 0.3) is 5.69 Å². The number of benzene rings is 1. The average molecular weight is 320 g/mol. The Hall–Kier alpha value is -1.70. The van der Waals surface area contributed by atoms with Gasteiger partial charge in [-0.15, -0.1) is 0 Å². The van der Waals surface area contributed by atoms with E-state index in [2.05, 4.69) is 26.6 Å². The Morgan fingerprint density at radius 2 is 2.22 bits per heavy atom. The van der Waals surface area contributed by atoms with E-state index in [1.165, 1.54) is 7.05 Å². The highest BCUT2D eigenvalue weighted by molar-refractivity contribution is 9.10. The van der Waals surface area contributed by atoms with Gasteiger partial charge in [0.15, 0.2) is 0 Å². The summed E-state index contributed by atoms with van der Waals surface area (Å²) in [5.74, 6) is -0.814. The van der Waals surface area contributed by atoms with Crippen LogP contribution in [0, 0.1) is 15.9 Å². The van der Waals surface area contributed by atoms with Gasteiger partial charge in [0.05, 0.1) is 9.40 Å². The molecule has 6 nitrogen and oxygen atoms in total. The molecular weight excluding hydrogens is 309 g/mol. The van der Waals surface area contributed by atoms with Crippen LogP contribution in [0.3, 0.4) is 0 Å². The van der Waals surface area contributed by atoms with Crippen LogP contribution < -0.4 is 10.6 Å². The van der Waals surface area contributed by atoms with Gasteiger partial charge in [0.2, 0.25) is 5.91 Å². The number of rotatable bonds is 5. The molecule has 2 N–H and O–H groups in total. The van der Waals surface area contributed by atoms with Crippen molar-refractivity contribution < 1.29 is 14.1 Å². The van der Waals surface area contributed by atoms with Crippen molar-refractivity contribution in [2.24, 2.45) is 0 Å². The number of hydrogen-bond acceptors (Lipinski definition) is 4. The van der Waals surface area contributed by atoms with Gasteiger partial charge in [0.1, 0.15) is 11.5 Å². The standard InChI is InChI=1S/C10H11BrFN3O3/c1-13-10(16)2-3-14-8-5-7(12)6(11)4-9(8)15(17)18/h4-5,14H,2-3H2,1H3,(H,13,16). The summed E-state index contributed by atoms with van der Waals surface area (Å²) < 4.78 is 13.3. The largest absolute Gasteiger partial charge is 0.379 e. The first kappa shape index (κ1) is 14.4. The molecule has 1 aromatic rings. The molecule has 0 aliphatic rings. The van der Waals surface area contributed by atoms with Crippen molar-refractivity contribution in [3.8, 4) is 0 Å². The van der Waals surface area contributed by atoms with Crippen LogP contribution >= 0.6 is 15.9 Å². The van der Waals surface area contributed by atoms with E-state index >= 15 is 0 Å². The highest BCUT2D eigenvalue weighted by Gasteiger charge is 2.17. The number of halogens is 2. The Bertz CT molecular complexity index is 482. The number of amides is 1. The zero-order valence-corrected chi connectivity index (χ0v) is 11.1. The second kappa shape index (κ2) is 6.29.